The zero-order valence-corrected chi connectivity index (χ0v) is 9.37. The van der Waals surface area contributed by atoms with E-state index in [0.29, 0.717) is 11.3 Å². The Morgan fingerprint density at radius 3 is 2.61 bits per heavy atom. The van der Waals surface area contributed by atoms with E-state index < -0.39 is 18.2 Å². The molecular weight excluding hydrogens is 236 g/mol. The maximum absolute atomic E-state index is 11.6. The van der Waals surface area contributed by atoms with Crippen molar-refractivity contribution in [2.24, 2.45) is 0 Å². The number of carbonyl (C=O) groups excluding carboxylic acids is 1. The summed E-state index contributed by atoms with van der Waals surface area (Å²) in [5.41, 5.74) is 1.08. The highest BCUT2D eigenvalue weighted by Gasteiger charge is 2.32. The van der Waals surface area contributed by atoms with Crippen molar-refractivity contribution in [2.75, 3.05) is 11.4 Å². The van der Waals surface area contributed by atoms with E-state index in [1.54, 1.807) is 24.3 Å². The lowest BCUT2D eigenvalue weighted by Crippen LogP contribution is -2.44. The van der Waals surface area contributed by atoms with Crippen LogP contribution in [0.1, 0.15) is 12.0 Å². The van der Waals surface area contributed by atoms with E-state index in [4.69, 9.17) is 15.1 Å². The topological polar surface area (TPSA) is 90.6 Å². The summed E-state index contributed by atoms with van der Waals surface area (Å²) in [6.45, 7) is 0.279. The number of benzene rings is 1. The average molecular weight is 246 g/mol. The predicted octanol–water partition coefficient (Wildman–Crippen LogP) is 1.36. The number of cyclic esters (lactones) is 1. The van der Waals surface area contributed by atoms with Gasteiger partial charge in [0.2, 0.25) is 6.10 Å². The van der Waals surface area contributed by atoms with Crippen LogP contribution in [-0.4, -0.2) is 29.8 Å². The van der Waals surface area contributed by atoms with Gasteiger partial charge in [-0.1, -0.05) is 0 Å². The monoisotopic (exact) mass is 246 g/mol. The largest absolute Gasteiger partial charge is 0.479 e. The molecule has 1 aliphatic rings. The van der Waals surface area contributed by atoms with Crippen molar-refractivity contribution in [3.05, 3.63) is 29.8 Å². The number of carboxylic acid groups (broad SMARTS) is 1. The van der Waals surface area contributed by atoms with Gasteiger partial charge in [0.1, 0.15) is 0 Å². The van der Waals surface area contributed by atoms with Gasteiger partial charge in [0.15, 0.2) is 0 Å². The van der Waals surface area contributed by atoms with Crippen molar-refractivity contribution in [1.29, 1.82) is 5.26 Å². The Labute approximate surface area is 103 Å². The number of carboxylic acids is 1. The highest BCUT2D eigenvalue weighted by molar-refractivity contribution is 5.90. The standard InChI is InChI=1S/C12H10N2O4/c13-7-8-1-3-9(4-2-8)14-6-5-10(11(15)16)18-12(14)17/h1-4,10H,5-6H2,(H,15,16). The average Bonchev–Trinajstić information content (AvgIpc) is 2.38. The molecule has 1 unspecified atom stereocenters. The number of amides is 1. The number of nitriles is 1. The van der Waals surface area contributed by atoms with E-state index in [2.05, 4.69) is 0 Å². The number of carbonyl (C=O) groups is 2. The van der Waals surface area contributed by atoms with Crippen LogP contribution in [-0.2, 0) is 9.53 Å². The Morgan fingerprint density at radius 2 is 2.11 bits per heavy atom. The Kier molecular flexibility index (Phi) is 3.15. The minimum absolute atomic E-state index is 0.237. The Morgan fingerprint density at radius 1 is 1.44 bits per heavy atom. The molecule has 1 heterocycles. The van der Waals surface area contributed by atoms with Crippen LogP contribution in [0.25, 0.3) is 0 Å². The molecule has 92 valence electrons. The van der Waals surface area contributed by atoms with Crippen LogP contribution in [0.3, 0.4) is 0 Å². The van der Waals surface area contributed by atoms with E-state index in [1.165, 1.54) is 4.90 Å². The van der Waals surface area contributed by atoms with Crippen LogP contribution in [0.4, 0.5) is 10.5 Å². The molecule has 0 saturated carbocycles. The maximum atomic E-state index is 11.6. The van der Waals surface area contributed by atoms with Gasteiger partial charge in [-0.25, -0.2) is 9.59 Å². The third-order valence-corrected chi connectivity index (χ3v) is 2.66. The molecule has 1 N–H and O–H groups in total. The minimum Gasteiger partial charge on any atom is -0.479 e. The fourth-order valence-corrected chi connectivity index (χ4v) is 1.71. The Bertz CT molecular complexity index is 518. The second-order valence-electron chi connectivity index (χ2n) is 3.81. The lowest BCUT2D eigenvalue weighted by atomic mass is 10.1. The fraction of sp³-hybridized carbons (Fsp3) is 0.250. The second-order valence-corrected chi connectivity index (χ2v) is 3.81. The van der Waals surface area contributed by atoms with E-state index in [-0.39, 0.29) is 13.0 Å². The maximum Gasteiger partial charge on any atom is 0.415 e. The molecule has 1 fully saturated rings. The summed E-state index contributed by atoms with van der Waals surface area (Å²) in [5, 5.41) is 17.4. The lowest BCUT2D eigenvalue weighted by molar-refractivity contribution is -0.147. The van der Waals surface area contributed by atoms with Crippen molar-refractivity contribution in [1.82, 2.24) is 0 Å². The first-order valence-electron chi connectivity index (χ1n) is 5.33. The molecule has 0 spiro atoms. The van der Waals surface area contributed by atoms with Gasteiger partial charge in [0, 0.05) is 18.7 Å². The van der Waals surface area contributed by atoms with Crippen molar-refractivity contribution >= 4 is 17.7 Å². The molecule has 0 bridgehead atoms. The van der Waals surface area contributed by atoms with Crippen LogP contribution in [0.5, 0.6) is 0 Å². The summed E-state index contributed by atoms with van der Waals surface area (Å²) < 4.78 is 4.79. The van der Waals surface area contributed by atoms with E-state index in [9.17, 15) is 9.59 Å². The molecule has 0 aromatic heterocycles. The van der Waals surface area contributed by atoms with Gasteiger partial charge >= 0.3 is 12.1 Å². The molecule has 0 aliphatic carbocycles. The molecule has 6 nitrogen and oxygen atoms in total. The Balaban J connectivity index is 2.13. The number of anilines is 1. The van der Waals surface area contributed by atoms with Crippen LogP contribution < -0.4 is 4.90 Å². The van der Waals surface area contributed by atoms with Crippen LogP contribution in [0.15, 0.2) is 24.3 Å². The highest BCUT2D eigenvalue weighted by Crippen LogP contribution is 2.21. The molecule has 1 atom stereocenters. The lowest BCUT2D eigenvalue weighted by Gasteiger charge is -2.29. The smallest absolute Gasteiger partial charge is 0.415 e. The number of rotatable bonds is 2. The van der Waals surface area contributed by atoms with E-state index in [0.717, 1.165) is 0 Å². The first kappa shape index (κ1) is 11.9. The van der Waals surface area contributed by atoms with Gasteiger partial charge in [-0.05, 0) is 24.3 Å². The number of nitrogens with zero attached hydrogens (tertiary/aromatic N) is 2. The SMILES string of the molecule is N#Cc1ccc(N2CCC(C(=O)O)OC2=O)cc1. The molecule has 1 aliphatic heterocycles. The van der Waals surface area contributed by atoms with Gasteiger partial charge in [0.05, 0.1) is 11.6 Å². The molecule has 1 aromatic carbocycles. The van der Waals surface area contributed by atoms with Crippen molar-refractivity contribution in [2.45, 2.75) is 12.5 Å². The van der Waals surface area contributed by atoms with Gasteiger partial charge in [-0.2, -0.15) is 5.26 Å². The summed E-state index contributed by atoms with van der Waals surface area (Å²) in [7, 11) is 0. The Hall–Kier alpha value is -2.55. The molecule has 1 aromatic rings. The van der Waals surface area contributed by atoms with E-state index in [1.807, 2.05) is 6.07 Å². The summed E-state index contributed by atoms with van der Waals surface area (Å²) in [6.07, 6.45) is -1.52. The quantitative estimate of drug-likeness (QED) is 0.850. The first-order valence-corrected chi connectivity index (χ1v) is 5.33. The summed E-state index contributed by atoms with van der Waals surface area (Å²) in [5.74, 6) is -1.14. The molecule has 1 amide bonds. The van der Waals surface area contributed by atoms with E-state index >= 15 is 0 Å². The number of ether oxygens (including phenoxy) is 1. The molecule has 18 heavy (non-hydrogen) atoms. The number of aliphatic carboxylic acids is 1. The van der Waals surface area contributed by atoms with Gasteiger partial charge in [-0.15, -0.1) is 0 Å². The third-order valence-electron chi connectivity index (χ3n) is 2.66. The van der Waals surface area contributed by atoms with Crippen LogP contribution in [0.2, 0.25) is 0 Å². The van der Waals surface area contributed by atoms with Crippen molar-refractivity contribution < 1.29 is 19.4 Å². The molecule has 1 saturated heterocycles. The third kappa shape index (κ3) is 2.25. The van der Waals surface area contributed by atoms with Gasteiger partial charge in [0.25, 0.3) is 0 Å². The number of hydrogen-bond donors (Lipinski definition) is 1. The zero-order chi connectivity index (χ0) is 13.1. The summed E-state index contributed by atoms with van der Waals surface area (Å²) in [6, 6.07) is 8.41. The zero-order valence-electron chi connectivity index (χ0n) is 9.37. The van der Waals surface area contributed by atoms with Crippen molar-refractivity contribution in [3.8, 4) is 6.07 Å². The van der Waals surface area contributed by atoms with Gasteiger partial charge in [-0.3, -0.25) is 4.90 Å². The normalized spacial score (nSPS) is 18.9. The van der Waals surface area contributed by atoms with Crippen LogP contribution in [0, 0.1) is 11.3 Å². The summed E-state index contributed by atoms with van der Waals surface area (Å²) >= 11 is 0. The molecule has 6 heteroatoms. The minimum atomic E-state index is -1.14. The highest BCUT2D eigenvalue weighted by atomic mass is 16.6. The molecule has 0 radical (unpaired) electrons. The van der Waals surface area contributed by atoms with Crippen LogP contribution >= 0.6 is 0 Å². The second kappa shape index (κ2) is 4.75. The summed E-state index contributed by atoms with van der Waals surface area (Å²) in [4.78, 5) is 23.7. The fourth-order valence-electron chi connectivity index (χ4n) is 1.71. The van der Waals surface area contributed by atoms with Gasteiger partial charge < -0.3 is 9.84 Å². The van der Waals surface area contributed by atoms with Crippen molar-refractivity contribution in [3.63, 3.8) is 0 Å². The molecule has 2 rings (SSSR count). The number of hydrogen-bond acceptors (Lipinski definition) is 4. The molecular formula is C12H10N2O4. The first-order chi connectivity index (χ1) is 8.61. The predicted molar refractivity (Wildman–Crippen MR) is 61.0 cm³/mol.